The molecule has 0 unspecified atom stereocenters. The van der Waals surface area contributed by atoms with Crippen LogP contribution in [0, 0.1) is 13.8 Å². The van der Waals surface area contributed by atoms with E-state index in [0.29, 0.717) is 11.6 Å². The second kappa shape index (κ2) is 10.2. The van der Waals surface area contributed by atoms with Crippen LogP contribution in [0.5, 0.6) is 0 Å². The van der Waals surface area contributed by atoms with Gasteiger partial charge in [-0.05, 0) is 107 Å². The Bertz CT molecular complexity index is 1730. The molecule has 1 N–H and O–H groups in total. The summed E-state index contributed by atoms with van der Waals surface area (Å²) in [4.78, 5) is 12.3. The zero-order chi connectivity index (χ0) is 28.1. The number of aromatic amines is 1. The SMILES string of the molecule is Cc1ccc(C)c(-c2ccc(-c3n[nH]c4ncc(-c5ccc6c(c5)CC[C@@](C)(N5CCC[C@H]5C)CC6)cc34)cc2)n1. The molecule has 1 aliphatic heterocycles. The lowest BCUT2D eigenvalue weighted by molar-refractivity contribution is 0.0821. The number of H-pyrrole nitrogens is 1. The average molecular weight is 542 g/mol. The summed E-state index contributed by atoms with van der Waals surface area (Å²) in [6.07, 6.45) is 9.43. The monoisotopic (exact) mass is 541 g/mol. The number of pyridine rings is 2. The number of fused-ring (bicyclic) bond motifs is 2. The predicted molar refractivity (Wildman–Crippen MR) is 168 cm³/mol. The molecular formula is C36H39N5. The molecule has 41 heavy (non-hydrogen) atoms. The molecule has 5 heteroatoms. The van der Waals surface area contributed by atoms with Crippen molar-refractivity contribution in [2.24, 2.45) is 0 Å². The van der Waals surface area contributed by atoms with E-state index in [1.165, 1.54) is 54.5 Å². The molecule has 0 saturated carbocycles. The van der Waals surface area contributed by atoms with Gasteiger partial charge in [-0.25, -0.2) is 4.98 Å². The highest BCUT2D eigenvalue weighted by Gasteiger charge is 2.38. The summed E-state index contributed by atoms with van der Waals surface area (Å²) >= 11 is 0. The van der Waals surface area contributed by atoms with Gasteiger partial charge in [-0.2, -0.15) is 5.10 Å². The molecule has 2 aromatic carbocycles. The molecule has 0 bridgehead atoms. The predicted octanol–water partition coefficient (Wildman–Crippen LogP) is 8.09. The topological polar surface area (TPSA) is 57.7 Å². The molecule has 7 rings (SSSR count). The van der Waals surface area contributed by atoms with Gasteiger partial charge in [0.15, 0.2) is 5.65 Å². The van der Waals surface area contributed by atoms with Gasteiger partial charge >= 0.3 is 0 Å². The first-order valence-electron chi connectivity index (χ1n) is 15.2. The highest BCUT2D eigenvalue weighted by molar-refractivity contribution is 5.93. The number of benzene rings is 2. The third kappa shape index (κ3) is 4.76. The molecule has 1 fully saturated rings. The summed E-state index contributed by atoms with van der Waals surface area (Å²) in [6.45, 7) is 10.3. The maximum absolute atomic E-state index is 4.77. The van der Waals surface area contributed by atoms with E-state index in [2.05, 4.69) is 96.5 Å². The van der Waals surface area contributed by atoms with Gasteiger partial charge in [0, 0.05) is 45.5 Å². The number of rotatable bonds is 4. The molecule has 0 amide bonds. The molecule has 5 nitrogen and oxygen atoms in total. The first-order chi connectivity index (χ1) is 19.9. The molecule has 3 aromatic heterocycles. The van der Waals surface area contributed by atoms with Crippen molar-refractivity contribution in [1.82, 2.24) is 25.1 Å². The van der Waals surface area contributed by atoms with Crippen LogP contribution in [0.2, 0.25) is 0 Å². The Morgan fingerprint density at radius 2 is 1.56 bits per heavy atom. The molecule has 1 aliphatic carbocycles. The molecule has 0 spiro atoms. The van der Waals surface area contributed by atoms with Crippen molar-refractivity contribution >= 4 is 11.0 Å². The Labute approximate surface area is 243 Å². The molecule has 1 saturated heterocycles. The van der Waals surface area contributed by atoms with Crippen LogP contribution in [0.1, 0.15) is 61.9 Å². The summed E-state index contributed by atoms with van der Waals surface area (Å²) in [5, 5.41) is 8.86. The number of likely N-dealkylation sites (tertiary alicyclic amines) is 1. The fourth-order valence-electron chi connectivity index (χ4n) is 7.22. The third-order valence-corrected chi connectivity index (χ3v) is 9.74. The maximum Gasteiger partial charge on any atom is 0.155 e. The second-order valence-corrected chi connectivity index (χ2v) is 12.6. The van der Waals surface area contributed by atoms with Crippen molar-refractivity contribution in [2.45, 2.75) is 77.8 Å². The fraction of sp³-hybridized carbons (Fsp3) is 0.361. The van der Waals surface area contributed by atoms with Crippen molar-refractivity contribution in [3.8, 4) is 33.6 Å². The van der Waals surface area contributed by atoms with Crippen LogP contribution in [-0.4, -0.2) is 43.2 Å². The fourth-order valence-corrected chi connectivity index (χ4v) is 7.22. The molecule has 2 atom stereocenters. The minimum absolute atomic E-state index is 0.297. The number of aromatic nitrogens is 4. The number of hydrogen-bond acceptors (Lipinski definition) is 4. The van der Waals surface area contributed by atoms with Crippen molar-refractivity contribution in [3.05, 3.63) is 89.2 Å². The summed E-state index contributed by atoms with van der Waals surface area (Å²) in [5.74, 6) is 0. The summed E-state index contributed by atoms with van der Waals surface area (Å²) < 4.78 is 0. The number of nitrogens with one attached hydrogen (secondary N) is 1. The maximum atomic E-state index is 4.77. The van der Waals surface area contributed by atoms with Crippen LogP contribution in [0.3, 0.4) is 0 Å². The van der Waals surface area contributed by atoms with Crippen molar-refractivity contribution in [1.29, 1.82) is 0 Å². The van der Waals surface area contributed by atoms with E-state index >= 15 is 0 Å². The van der Waals surface area contributed by atoms with Gasteiger partial charge in [0.05, 0.1) is 5.69 Å². The standard InChI is InChI=1S/C36H39N5/c1-23-7-8-24(2)38-33(23)27-10-12-28(13-11-27)34-32-21-31(22-37-35(32)40-39-34)29-14-9-26-15-17-36(4,18-16-30(26)20-29)41-19-5-6-25(41)3/h7-14,20-22,25H,5-6,15-19H2,1-4H3,(H,37,39,40)/t25-,36+/m1/s1. The van der Waals surface area contributed by atoms with Gasteiger partial charge in [0.1, 0.15) is 5.69 Å². The summed E-state index contributed by atoms with van der Waals surface area (Å²) in [5.41, 5.74) is 12.9. The second-order valence-electron chi connectivity index (χ2n) is 12.6. The van der Waals surface area contributed by atoms with Gasteiger partial charge in [0.25, 0.3) is 0 Å². The van der Waals surface area contributed by atoms with Gasteiger partial charge in [-0.15, -0.1) is 0 Å². The van der Waals surface area contributed by atoms with Crippen LogP contribution < -0.4 is 0 Å². The lowest BCUT2D eigenvalue weighted by atomic mass is 9.89. The van der Waals surface area contributed by atoms with E-state index < -0.39 is 0 Å². The number of aryl methyl sites for hydroxylation is 4. The van der Waals surface area contributed by atoms with E-state index in [1.54, 1.807) is 0 Å². The third-order valence-electron chi connectivity index (χ3n) is 9.74. The van der Waals surface area contributed by atoms with Crippen LogP contribution in [0.4, 0.5) is 0 Å². The van der Waals surface area contributed by atoms with Gasteiger partial charge in [0.2, 0.25) is 0 Å². The van der Waals surface area contributed by atoms with Crippen molar-refractivity contribution in [3.63, 3.8) is 0 Å². The highest BCUT2D eigenvalue weighted by atomic mass is 15.2. The summed E-state index contributed by atoms with van der Waals surface area (Å²) in [6, 6.07) is 22.8. The quantitative estimate of drug-likeness (QED) is 0.234. The minimum atomic E-state index is 0.297. The molecule has 208 valence electrons. The molecule has 5 aromatic rings. The zero-order valence-corrected chi connectivity index (χ0v) is 24.7. The lowest BCUT2D eigenvalue weighted by Gasteiger charge is -2.41. The first-order valence-corrected chi connectivity index (χ1v) is 15.2. The van der Waals surface area contributed by atoms with Crippen molar-refractivity contribution < 1.29 is 0 Å². The normalized spacial score (nSPS) is 21.2. The molecule has 4 heterocycles. The van der Waals surface area contributed by atoms with Crippen LogP contribution in [0.25, 0.3) is 44.7 Å². The Kier molecular flexibility index (Phi) is 6.50. The van der Waals surface area contributed by atoms with Crippen LogP contribution >= 0.6 is 0 Å². The van der Waals surface area contributed by atoms with Crippen molar-refractivity contribution in [2.75, 3.05) is 6.54 Å². The van der Waals surface area contributed by atoms with Gasteiger partial charge in [-0.3, -0.25) is 15.0 Å². The molecular weight excluding hydrogens is 502 g/mol. The number of nitrogens with zero attached hydrogens (tertiary/aromatic N) is 4. The Balaban J connectivity index is 1.17. The summed E-state index contributed by atoms with van der Waals surface area (Å²) in [7, 11) is 0. The molecule has 2 aliphatic rings. The van der Waals surface area contributed by atoms with E-state index in [9.17, 15) is 0 Å². The minimum Gasteiger partial charge on any atom is -0.295 e. The Hall–Kier alpha value is -3.83. The van der Waals surface area contributed by atoms with Crippen LogP contribution in [-0.2, 0) is 12.8 Å². The number of hydrogen-bond donors (Lipinski definition) is 1. The molecule has 0 radical (unpaired) electrons. The van der Waals surface area contributed by atoms with E-state index in [1.807, 2.05) is 13.1 Å². The Morgan fingerprint density at radius 1 is 0.829 bits per heavy atom. The highest BCUT2D eigenvalue weighted by Crippen LogP contribution is 2.38. The Morgan fingerprint density at radius 3 is 2.32 bits per heavy atom. The van der Waals surface area contributed by atoms with E-state index in [4.69, 9.17) is 9.97 Å². The van der Waals surface area contributed by atoms with Gasteiger partial charge in [-0.1, -0.05) is 48.5 Å². The van der Waals surface area contributed by atoms with Gasteiger partial charge < -0.3 is 0 Å². The first kappa shape index (κ1) is 26.1. The largest absolute Gasteiger partial charge is 0.295 e. The van der Waals surface area contributed by atoms with Crippen LogP contribution in [0.15, 0.2) is 66.9 Å². The smallest absolute Gasteiger partial charge is 0.155 e. The van der Waals surface area contributed by atoms with E-state index in [0.717, 1.165) is 57.6 Å². The average Bonchev–Trinajstić information content (AvgIpc) is 3.58. The zero-order valence-electron chi connectivity index (χ0n) is 24.7. The van der Waals surface area contributed by atoms with E-state index in [-0.39, 0.29) is 0 Å². The lowest BCUT2D eigenvalue weighted by Crippen LogP contribution is -2.48.